The van der Waals surface area contributed by atoms with E-state index in [4.69, 9.17) is 5.73 Å². The molecule has 2 heteroatoms. The van der Waals surface area contributed by atoms with E-state index in [2.05, 4.69) is 30.9 Å². The molecule has 1 aliphatic rings. The van der Waals surface area contributed by atoms with Crippen LogP contribution in [0.3, 0.4) is 0 Å². The predicted octanol–water partition coefficient (Wildman–Crippen LogP) is 2.81. The number of aryl methyl sites for hydroxylation is 1. The maximum absolute atomic E-state index is 5.76. The Kier molecular flexibility index (Phi) is 2.85. The Morgan fingerprint density at radius 2 is 2.27 bits per heavy atom. The molecular formula is C13H20N2. The van der Waals surface area contributed by atoms with Crippen LogP contribution in [0.2, 0.25) is 0 Å². The Hall–Kier alpha value is -1.18. The minimum atomic E-state index is 0.863. The minimum absolute atomic E-state index is 0.863. The molecule has 0 bridgehead atoms. The van der Waals surface area contributed by atoms with E-state index in [9.17, 15) is 0 Å². The van der Waals surface area contributed by atoms with Crippen LogP contribution in [0.1, 0.15) is 25.3 Å². The van der Waals surface area contributed by atoms with Crippen LogP contribution < -0.4 is 10.6 Å². The normalized spacial score (nSPS) is 20.9. The number of hydrogen-bond donors (Lipinski definition) is 1. The van der Waals surface area contributed by atoms with Gasteiger partial charge in [-0.2, -0.15) is 0 Å². The van der Waals surface area contributed by atoms with E-state index in [0.29, 0.717) is 0 Å². The zero-order chi connectivity index (χ0) is 10.8. The van der Waals surface area contributed by atoms with E-state index >= 15 is 0 Å². The van der Waals surface area contributed by atoms with Gasteiger partial charge in [-0.1, -0.05) is 13.3 Å². The molecule has 1 saturated heterocycles. The first-order valence-electron chi connectivity index (χ1n) is 5.81. The van der Waals surface area contributed by atoms with Crippen molar-refractivity contribution in [3.8, 4) is 0 Å². The molecule has 1 aromatic carbocycles. The summed E-state index contributed by atoms with van der Waals surface area (Å²) in [6.45, 7) is 6.83. The third-order valence-corrected chi connectivity index (χ3v) is 3.42. The molecule has 15 heavy (non-hydrogen) atoms. The lowest BCUT2D eigenvalue weighted by atomic mass is 10.1. The SMILES string of the molecule is CCC1CCN(c2ccc(N)cc2C)C1. The monoisotopic (exact) mass is 204 g/mol. The van der Waals surface area contributed by atoms with Crippen LogP contribution in [0, 0.1) is 12.8 Å². The molecule has 1 aromatic rings. The van der Waals surface area contributed by atoms with Gasteiger partial charge in [-0.15, -0.1) is 0 Å². The van der Waals surface area contributed by atoms with Gasteiger partial charge >= 0.3 is 0 Å². The average Bonchev–Trinajstić information content (AvgIpc) is 2.66. The van der Waals surface area contributed by atoms with Crippen LogP contribution >= 0.6 is 0 Å². The van der Waals surface area contributed by atoms with Gasteiger partial charge < -0.3 is 10.6 Å². The van der Waals surface area contributed by atoms with Crippen molar-refractivity contribution in [2.24, 2.45) is 5.92 Å². The molecule has 2 rings (SSSR count). The summed E-state index contributed by atoms with van der Waals surface area (Å²) in [4.78, 5) is 2.49. The lowest BCUT2D eigenvalue weighted by Gasteiger charge is -2.21. The van der Waals surface area contributed by atoms with Gasteiger partial charge in [0.2, 0.25) is 0 Å². The zero-order valence-electron chi connectivity index (χ0n) is 9.66. The first kappa shape index (κ1) is 10.3. The number of nitrogens with two attached hydrogens (primary N) is 1. The van der Waals surface area contributed by atoms with Gasteiger partial charge in [0.15, 0.2) is 0 Å². The lowest BCUT2D eigenvalue weighted by molar-refractivity contribution is 0.569. The van der Waals surface area contributed by atoms with Crippen LogP contribution in [-0.2, 0) is 0 Å². The molecule has 82 valence electrons. The predicted molar refractivity (Wildman–Crippen MR) is 66.2 cm³/mol. The molecule has 0 radical (unpaired) electrons. The number of nitrogens with zero attached hydrogens (tertiary/aromatic N) is 1. The highest BCUT2D eigenvalue weighted by molar-refractivity contribution is 5.59. The molecule has 1 aliphatic heterocycles. The lowest BCUT2D eigenvalue weighted by Crippen LogP contribution is -2.20. The molecular weight excluding hydrogens is 184 g/mol. The quantitative estimate of drug-likeness (QED) is 0.751. The summed E-state index contributed by atoms with van der Waals surface area (Å²) in [5.74, 6) is 0.877. The number of nitrogen functional groups attached to an aromatic ring is 1. The molecule has 0 aromatic heterocycles. The highest BCUT2D eigenvalue weighted by Crippen LogP contribution is 2.28. The van der Waals surface area contributed by atoms with E-state index < -0.39 is 0 Å². The zero-order valence-corrected chi connectivity index (χ0v) is 9.66. The maximum atomic E-state index is 5.76. The summed E-state index contributed by atoms with van der Waals surface area (Å²) in [5, 5.41) is 0. The van der Waals surface area contributed by atoms with Crippen molar-refractivity contribution in [3.05, 3.63) is 23.8 Å². The van der Waals surface area contributed by atoms with Crippen LogP contribution in [0.4, 0.5) is 11.4 Å². The minimum Gasteiger partial charge on any atom is -0.399 e. The van der Waals surface area contributed by atoms with E-state index in [1.165, 1.54) is 37.2 Å². The van der Waals surface area contributed by atoms with Crippen molar-refractivity contribution in [1.29, 1.82) is 0 Å². The smallest absolute Gasteiger partial charge is 0.0397 e. The first-order chi connectivity index (χ1) is 7.20. The van der Waals surface area contributed by atoms with E-state index in [1.54, 1.807) is 0 Å². The molecule has 2 nitrogen and oxygen atoms in total. The summed E-state index contributed by atoms with van der Waals surface area (Å²) in [6, 6.07) is 6.22. The van der Waals surface area contributed by atoms with Crippen LogP contribution in [-0.4, -0.2) is 13.1 Å². The van der Waals surface area contributed by atoms with Gasteiger partial charge in [0.1, 0.15) is 0 Å². The molecule has 2 N–H and O–H groups in total. The van der Waals surface area contributed by atoms with Gasteiger partial charge in [-0.05, 0) is 43.0 Å². The number of hydrogen-bond acceptors (Lipinski definition) is 2. The fourth-order valence-electron chi connectivity index (χ4n) is 2.42. The molecule has 1 fully saturated rings. The fraction of sp³-hybridized carbons (Fsp3) is 0.538. The second-order valence-electron chi connectivity index (χ2n) is 4.55. The second kappa shape index (κ2) is 4.13. The Bertz CT molecular complexity index is 346. The second-order valence-corrected chi connectivity index (χ2v) is 4.55. The molecule has 1 unspecified atom stereocenters. The third-order valence-electron chi connectivity index (χ3n) is 3.42. The summed E-state index contributed by atoms with van der Waals surface area (Å²) in [6.07, 6.45) is 2.63. The molecule has 0 saturated carbocycles. The van der Waals surface area contributed by atoms with Crippen LogP contribution in [0.25, 0.3) is 0 Å². The number of anilines is 2. The standard InChI is InChI=1S/C13H20N2/c1-3-11-6-7-15(9-11)13-5-4-12(14)8-10(13)2/h4-5,8,11H,3,6-7,9,14H2,1-2H3. The topological polar surface area (TPSA) is 29.3 Å². The summed E-state index contributed by atoms with van der Waals surface area (Å²) < 4.78 is 0. The summed E-state index contributed by atoms with van der Waals surface area (Å²) >= 11 is 0. The Labute approximate surface area is 92.1 Å². The Balaban J connectivity index is 2.17. The van der Waals surface area contributed by atoms with Crippen LogP contribution in [0.5, 0.6) is 0 Å². The first-order valence-corrected chi connectivity index (χ1v) is 5.81. The van der Waals surface area contributed by atoms with Crippen molar-refractivity contribution < 1.29 is 0 Å². The van der Waals surface area contributed by atoms with Crippen molar-refractivity contribution >= 4 is 11.4 Å². The van der Waals surface area contributed by atoms with Crippen molar-refractivity contribution in [2.75, 3.05) is 23.7 Å². The van der Waals surface area contributed by atoms with Crippen molar-refractivity contribution in [3.63, 3.8) is 0 Å². The van der Waals surface area contributed by atoms with Crippen molar-refractivity contribution in [2.45, 2.75) is 26.7 Å². The fourth-order valence-corrected chi connectivity index (χ4v) is 2.42. The van der Waals surface area contributed by atoms with Gasteiger partial charge in [-0.25, -0.2) is 0 Å². The molecule has 0 spiro atoms. The van der Waals surface area contributed by atoms with E-state index in [0.717, 1.165) is 11.6 Å². The van der Waals surface area contributed by atoms with Gasteiger partial charge in [0.05, 0.1) is 0 Å². The average molecular weight is 204 g/mol. The Morgan fingerprint density at radius 3 is 2.87 bits per heavy atom. The third kappa shape index (κ3) is 2.09. The largest absolute Gasteiger partial charge is 0.399 e. The number of rotatable bonds is 2. The maximum Gasteiger partial charge on any atom is 0.0397 e. The molecule has 1 atom stereocenters. The highest BCUT2D eigenvalue weighted by atomic mass is 15.2. The van der Waals surface area contributed by atoms with Crippen LogP contribution in [0.15, 0.2) is 18.2 Å². The Morgan fingerprint density at radius 1 is 1.47 bits per heavy atom. The van der Waals surface area contributed by atoms with E-state index in [-0.39, 0.29) is 0 Å². The van der Waals surface area contributed by atoms with Gasteiger partial charge in [-0.3, -0.25) is 0 Å². The van der Waals surface area contributed by atoms with E-state index in [1.807, 2.05) is 6.07 Å². The van der Waals surface area contributed by atoms with Crippen molar-refractivity contribution in [1.82, 2.24) is 0 Å². The van der Waals surface area contributed by atoms with Gasteiger partial charge in [0, 0.05) is 24.5 Å². The molecule has 0 aliphatic carbocycles. The summed E-state index contributed by atoms with van der Waals surface area (Å²) in [7, 11) is 0. The number of benzene rings is 1. The molecule has 1 heterocycles. The summed E-state index contributed by atoms with van der Waals surface area (Å²) in [5.41, 5.74) is 9.28. The highest BCUT2D eigenvalue weighted by Gasteiger charge is 2.21. The molecule has 0 amide bonds. The van der Waals surface area contributed by atoms with Gasteiger partial charge in [0.25, 0.3) is 0 Å².